The van der Waals surface area contributed by atoms with E-state index in [1.807, 2.05) is 0 Å². The van der Waals surface area contributed by atoms with Crippen LogP contribution in [0.1, 0.15) is 75.9 Å². The van der Waals surface area contributed by atoms with Crippen molar-refractivity contribution in [2.45, 2.75) is 77.6 Å². The van der Waals surface area contributed by atoms with E-state index in [-0.39, 0.29) is 0 Å². The number of alkyl halides is 1. The number of aromatic nitrogens is 2. The average Bonchev–Trinajstić information content (AvgIpc) is 2.84. The fraction of sp³-hybridized carbons (Fsp3) is 0.812. The largest absolute Gasteiger partial charge is 0.266 e. The minimum absolute atomic E-state index is 0.607. The summed E-state index contributed by atoms with van der Waals surface area (Å²) >= 11 is 6.16. The molecule has 3 heteroatoms. The molecule has 0 aliphatic heterocycles. The van der Waals surface area contributed by atoms with Crippen LogP contribution in [0.5, 0.6) is 0 Å². The lowest BCUT2D eigenvalue weighted by atomic mass is 9.83. The van der Waals surface area contributed by atoms with Crippen LogP contribution in [-0.4, -0.2) is 9.78 Å². The molecule has 0 radical (unpaired) electrons. The Balaban J connectivity index is 2.39. The maximum Gasteiger partial charge on any atom is 0.0669 e. The fourth-order valence-electron chi connectivity index (χ4n) is 3.63. The van der Waals surface area contributed by atoms with Crippen molar-refractivity contribution in [1.29, 1.82) is 0 Å². The second-order valence-corrected chi connectivity index (χ2v) is 5.94. The van der Waals surface area contributed by atoms with Crippen molar-refractivity contribution in [3.8, 4) is 0 Å². The van der Waals surface area contributed by atoms with Gasteiger partial charge in [-0.05, 0) is 31.6 Å². The third-order valence-corrected chi connectivity index (χ3v) is 4.98. The third-order valence-electron chi connectivity index (χ3n) is 4.71. The minimum Gasteiger partial charge on any atom is -0.266 e. The van der Waals surface area contributed by atoms with Gasteiger partial charge in [0.05, 0.1) is 17.6 Å². The summed E-state index contributed by atoms with van der Waals surface area (Å²) in [6.45, 7) is 6.73. The summed E-state index contributed by atoms with van der Waals surface area (Å²) in [5, 5.41) is 4.92. The van der Waals surface area contributed by atoms with E-state index < -0.39 is 0 Å². The Bertz CT molecular complexity index is 411. The summed E-state index contributed by atoms with van der Waals surface area (Å²) in [6.07, 6.45) is 8.70. The molecular formula is C16H27ClN2. The summed E-state index contributed by atoms with van der Waals surface area (Å²) in [7, 11) is 0. The zero-order chi connectivity index (χ0) is 13.8. The maximum absolute atomic E-state index is 6.16. The van der Waals surface area contributed by atoms with Gasteiger partial charge in [-0.25, -0.2) is 0 Å². The smallest absolute Gasteiger partial charge is 0.0669 e. The Morgan fingerprint density at radius 2 is 1.89 bits per heavy atom. The van der Waals surface area contributed by atoms with E-state index >= 15 is 0 Å². The minimum atomic E-state index is 0.607. The van der Waals surface area contributed by atoms with Crippen LogP contribution in [0.15, 0.2) is 0 Å². The second-order valence-electron chi connectivity index (χ2n) is 5.68. The van der Waals surface area contributed by atoms with Gasteiger partial charge in [-0.1, -0.05) is 40.0 Å². The topological polar surface area (TPSA) is 17.8 Å². The predicted molar refractivity (Wildman–Crippen MR) is 81.8 cm³/mol. The molecule has 0 amide bonds. The van der Waals surface area contributed by atoms with E-state index in [2.05, 4.69) is 25.5 Å². The van der Waals surface area contributed by atoms with Gasteiger partial charge < -0.3 is 0 Å². The van der Waals surface area contributed by atoms with E-state index in [9.17, 15) is 0 Å². The lowest BCUT2D eigenvalue weighted by molar-refractivity contribution is 0.213. The van der Waals surface area contributed by atoms with E-state index in [1.54, 1.807) is 0 Å². The molecule has 2 unspecified atom stereocenters. The zero-order valence-corrected chi connectivity index (χ0v) is 13.3. The molecule has 1 heterocycles. The molecular weight excluding hydrogens is 256 g/mol. The Hall–Kier alpha value is -0.500. The standard InChI is InChI=1S/C16H27ClN2/c1-4-12-9-7-8-10-16(12)19-15(6-3)13(11-17)14(5-2)18-19/h12,16H,4-11H2,1-3H3. The first-order valence-electron chi connectivity index (χ1n) is 7.91. The van der Waals surface area contributed by atoms with Crippen molar-refractivity contribution in [3.63, 3.8) is 0 Å². The van der Waals surface area contributed by atoms with Crippen LogP contribution in [-0.2, 0) is 18.7 Å². The normalized spacial score (nSPS) is 23.8. The molecule has 1 aromatic heterocycles. The molecule has 1 fully saturated rings. The fourth-order valence-corrected chi connectivity index (χ4v) is 3.94. The zero-order valence-electron chi connectivity index (χ0n) is 12.6. The van der Waals surface area contributed by atoms with Crippen LogP contribution in [0.4, 0.5) is 0 Å². The molecule has 2 rings (SSSR count). The van der Waals surface area contributed by atoms with Crippen LogP contribution >= 0.6 is 11.6 Å². The highest BCUT2D eigenvalue weighted by molar-refractivity contribution is 6.17. The summed E-state index contributed by atoms with van der Waals surface area (Å²) in [4.78, 5) is 0. The van der Waals surface area contributed by atoms with E-state index in [0.29, 0.717) is 11.9 Å². The lowest BCUT2D eigenvalue weighted by Crippen LogP contribution is -2.25. The summed E-state index contributed by atoms with van der Waals surface area (Å²) < 4.78 is 2.35. The van der Waals surface area contributed by atoms with Crippen LogP contribution < -0.4 is 0 Å². The van der Waals surface area contributed by atoms with Crippen LogP contribution in [0.2, 0.25) is 0 Å². The van der Waals surface area contributed by atoms with E-state index in [1.165, 1.54) is 49.1 Å². The summed E-state index contributed by atoms with van der Waals surface area (Å²) in [6, 6.07) is 0.607. The van der Waals surface area contributed by atoms with Gasteiger partial charge in [0.25, 0.3) is 0 Å². The SMILES string of the molecule is CCc1nn(C2CCCCC2CC)c(CC)c1CCl. The van der Waals surface area contributed by atoms with Gasteiger partial charge in [-0.3, -0.25) is 4.68 Å². The van der Waals surface area contributed by atoms with Crippen molar-refractivity contribution < 1.29 is 0 Å². The van der Waals surface area contributed by atoms with Crippen LogP contribution in [0.3, 0.4) is 0 Å². The Kier molecular flexibility index (Phi) is 5.32. The van der Waals surface area contributed by atoms with Crippen molar-refractivity contribution in [2.24, 2.45) is 5.92 Å². The highest BCUT2D eigenvalue weighted by atomic mass is 35.5. The molecule has 2 nitrogen and oxygen atoms in total. The average molecular weight is 283 g/mol. The molecule has 19 heavy (non-hydrogen) atoms. The van der Waals surface area contributed by atoms with Crippen molar-refractivity contribution in [3.05, 3.63) is 17.0 Å². The van der Waals surface area contributed by atoms with Gasteiger partial charge in [-0.15, -0.1) is 11.6 Å². The number of hydrogen-bond donors (Lipinski definition) is 0. The number of hydrogen-bond acceptors (Lipinski definition) is 1. The Morgan fingerprint density at radius 1 is 1.16 bits per heavy atom. The summed E-state index contributed by atoms with van der Waals surface area (Å²) in [5.74, 6) is 1.40. The van der Waals surface area contributed by atoms with Gasteiger partial charge in [0.1, 0.15) is 0 Å². The van der Waals surface area contributed by atoms with E-state index in [0.717, 1.165) is 18.8 Å². The molecule has 1 aromatic rings. The lowest BCUT2D eigenvalue weighted by Gasteiger charge is -2.32. The molecule has 1 saturated carbocycles. The van der Waals surface area contributed by atoms with Crippen molar-refractivity contribution in [2.75, 3.05) is 0 Å². The van der Waals surface area contributed by atoms with Gasteiger partial charge in [0, 0.05) is 11.3 Å². The molecule has 0 N–H and O–H groups in total. The maximum atomic E-state index is 6.16. The van der Waals surface area contributed by atoms with Crippen LogP contribution in [0, 0.1) is 5.92 Å². The third kappa shape index (κ3) is 2.84. The number of nitrogens with zero attached hydrogens (tertiary/aromatic N) is 2. The molecule has 1 aliphatic rings. The van der Waals surface area contributed by atoms with Crippen LogP contribution in [0.25, 0.3) is 0 Å². The monoisotopic (exact) mass is 282 g/mol. The van der Waals surface area contributed by atoms with Gasteiger partial charge in [-0.2, -0.15) is 5.10 Å². The first kappa shape index (κ1) is 14.9. The highest BCUT2D eigenvalue weighted by Crippen LogP contribution is 2.37. The highest BCUT2D eigenvalue weighted by Gasteiger charge is 2.28. The summed E-state index contributed by atoms with van der Waals surface area (Å²) in [5.41, 5.74) is 3.90. The molecule has 0 spiro atoms. The second kappa shape index (κ2) is 6.78. The quantitative estimate of drug-likeness (QED) is 0.703. The molecule has 0 saturated heterocycles. The van der Waals surface area contributed by atoms with Gasteiger partial charge >= 0.3 is 0 Å². The number of halogens is 1. The molecule has 0 aromatic carbocycles. The Morgan fingerprint density at radius 3 is 2.47 bits per heavy atom. The molecule has 2 atom stereocenters. The molecule has 108 valence electrons. The van der Waals surface area contributed by atoms with Gasteiger partial charge in [0.2, 0.25) is 0 Å². The predicted octanol–water partition coefficient (Wildman–Crippen LogP) is 4.89. The Labute approximate surface area is 122 Å². The first-order valence-corrected chi connectivity index (χ1v) is 8.45. The molecule has 1 aliphatic carbocycles. The first-order chi connectivity index (χ1) is 9.26. The van der Waals surface area contributed by atoms with Crippen molar-refractivity contribution >= 4 is 11.6 Å². The number of aryl methyl sites for hydroxylation is 1. The molecule has 0 bridgehead atoms. The van der Waals surface area contributed by atoms with E-state index in [4.69, 9.17) is 16.7 Å². The van der Waals surface area contributed by atoms with Crippen molar-refractivity contribution in [1.82, 2.24) is 9.78 Å². The number of rotatable bonds is 5. The van der Waals surface area contributed by atoms with Gasteiger partial charge in [0.15, 0.2) is 0 Å².